The van der Waals surface area contributed by atoms with Crippen molar-refractivity contribution in [2.75, 3.05) is 0 Å². The molecule has 2 aliphatic rings. The van der Waals surface area contributed by atoms with Crippen molar-refractivity contribution in [2.24, 2.45) is 0 Å². The van der Waals surface area contributed by atoms with Gasteiger partial charge in [-0.15, -0.1) is 0 Å². The molecule has 0 atom stereocenters. The summed E-state index contributed by atoms with van der Waals surface area (Å²) in [6.07, 6.45) is 9.51. The van der Waals surface area contributed by atoms with Crippen LogP contribution in [-0.2, 0) is 12.8 Å². The third kappa shape index (κ3) is 2.86. The molecule has 2 heterocycles. The molecule has 1 saturated carbocycles. The van der Waals surface area contributed by atoms with Crippen LogP contribution < -0.4 is 10.9 Å². The lowest BCUT2D eigenvalue weighted by Crippen LogP contribution is -2.39. The van der Waals surface area contributed by atoms with Crippen LogP contribution in [0.2, 0.25) is 0 Å². The minimum Gasteiger partial charge on any atom is -0.348 e. The van der Waals surface area contributed by atoms with Gasteiger partial charge in [-0.3, -0.25) is 9.59 Å². The zero-order chi connectivity index (χ0) is 16.5. The first-order valence-corrected chi connectivity index (χ1v) is 8.61. The fraction of sp³-hybridized carbons (Fsp3) is 0.529. The van der Waals surface area contributed by atoms with Crippen molar-refractivity contribution in [3.8, 4) is 0 Å². The van der Waals surface area contributed by atoms with E-state index in [-0.39, 0.29) is 23.6 Å². The number of hydrogen-bond acceptors (Lipinski definition) is 4. The second kappa shape index (κ2) is 6.22. The summed E-state index contributed by atoms with van der Waals surface area (Å²) in [5.41, 5.74) is 2.70. The number of aryl methyl sites for hydroxylation is 2. The van der Waals surface area contributed by atoms with E-state index in [0.29, 0.717) is 5.69 Å². The van der Waals surface area contributed by atoms with Gasteiger partial charge >= 0.3 is 0 Å². The van der Waals surface area contributed by atoms with Crippen molar-refractivity contribution in [2.45, 2.75) is 57.0 Å². The minimum atomic E-state index is -0.122. The van der Waals surface area contributed by atoms with Gasteiger partial charge in [0.25, 0.3) is 11.5 Å². The monoisotopic (exact) mass is 327 g/mol. The number of aromatic amines is 1. The van der Waals surface area contributed by atoms with Crippen molar-refractivity contribution in [3.05, 3.63) is 45.9 Å². The Morgan fingerprint density at radius 3 is 2.83 bits per heavy atom. The lowest BCUT2D eigenvalue weighted by Gasteiger charge is -2.29. The second-order valence-electron chi connectivity index (χ2n) is 6.70. The van der Waals surface area contributed by atoms with Crippen LogP contribution in [-0.4, -0.2) is 31.7 Å². The first kappa shape index (κ1) is 15.1. The molecule has 24 heavy (non-hydrogen) atoms. The highest BCUT2D eigenvalue weighted by molar-refractivity contribution is 5.92. The number of rotatable bonds is 3. The Hall–Kier alpha value is -2.44. The summed E-state index contributed by atoms with van der Waals surface area (Å²) >= 11 is 0. The van der Waals surface area contributed by atoms with Gasteiger partial charge in [-0.1, -0.05) is 0 Å². The van der Waals surface area contributed by atoms with E-state index in [0.717, 1.165) is 56.2 Å². The quantitative estimate of drug-likeness (QED) is 0.890. The van der Waals surface area contributed by atoms with Gasteiger partial charge in [0.15, 0.2) is 0 Å². The van der Waals surface area contributed by atoms with E-state index in [4.69, 9.17) is 0 Å². The maximum Gasteiger partial charge on any atom is 0.269 e. The van der Waals surface area contributed by atoms with Gasteiger partial charge in [0.1, 0.15) is 5.69 Å². The number of H-pyrrole nitrogens is 1. The highest BCUT2D eigenvalue weighted by Crippen LogP contribution is 2.28. The largest absolute Gasteiger partial charge is 0.348 e. The molecular weight excluding hydrogens is 306 g/mol. The van der Waals surface area contributed by atoms with Crippen LogP contribution >= 0.6 is 0 Å². The molecule has 1 fully saturated rings. The maximum absolute atomic E-state index is 12.3. The molecular formula is C17H21N5O2. The number of nitrogens with one attached hydrogen (secondary N) is 2. The van der Waals surface area contributed by atoms with Crippen molar-refractivity contribution >= 4 is 5.91 Å². The fourth-order valence-corrected chi connectivity index (χ4v) is 3.78. The maximum atomic E-state index is 12.3. The number of carbonyl (C=O) groups is 1. The number of nitrogens with zero attached hydrogens (tertiary/aromatic N) is 3. The number of imidazole rings is 1. The lowest BCUT2D eigenvalue weighted by atomic mass is 9.91. The first-order chi connectivity index (χ1) is 11.7. The van der Waals surface area contributed by atoms with Crippen LogP contribution in [0, 0.1) is 0 Å². The van der Waals surface area contributed by atoms with E-state index in [9.17, 15) is 9.59 Å². The Labute approximate surface area is 139 Å². The molecule has 0 aromatic carbocycles. The van der Waals surface area contributed by atoms with Crippen molar-refractivity contribution in [1.82, 2.24) is 25.1 Å². The number of hydrogen-bond donors (Lipinski definition) is 2. The Balaban J connectivity index is 1.40. The average Bonchev–Trinajstić information content (AvgIpc) is 3.26. The molecule has 2 aliphatic carbocycles. The van der Waals surface area contributed by atoms with Crippen LogP contribution in [0.4, 0.5) is 0 Å². The van der Waals surface area contributed by atoms with E-state index >= 15 is 0 Å². The molecule has 0 spiro atoms. The van der Waals surface area contributed by atoms with E-state index in [1.54, 1.807) is 10.7 Å². The SMILES string of the molecule is O=C(NC1CCC(n2nc3c(cc2=O)CCC3)CC1)c1cnc[nH]1. The Kier molecular flexibility index (Phi) is 3.92. The summed E-state index contributed by atoms with van der Waals surface area (Å²) in [6, 6.07) is 2.05. The Bertz CT molecular complexity index is 788. The third-order valence-corrected chi connectivity index (χ3v) is 5.10. The van der Waals surface area contributed by atoms with Gasteiger partial charge in [0, 0.05) is 12.1 Å². The van der Waals surface area contributed by atoms with Crippen LogP contribution in [0.5, 0.6) is 0 Å². The summed E-state index contributed by atoms with van der Waals surface area (Å²) in [7, 11) is 0. The van der Waals surface area contributed by atoms with Crippen LogP contribution in [0.15, 0.2) is 23.4 Å². The molecule has 2 N–H and O–H groups in total. The van der Waals surface area contributed by atoms with E-state index < -0.39 is 0 Å². The molecule has 4 rings (SSSR count). The molecule has 0 unspecified atom stereocenters. The van der Waals surface area contributed by atoms with Crippen molar-refractivity contribution in [1.29, 1.82) is 0 Å². The molecule has 1 amide bonds. The third-order valence-electron chi connectivity index (χ3n) is 5.10. The van der Waals surface area contributed by atoms with Gasteiger partial charge < -0.3 is 10.3 Å². The number of aromatic nitrogens is 4. The van der Waals surface area contributed by atoms with Gasteiger partial charge in [-0.25, -0.2) is 9.67 Å². The molecule has 0 radical (unpaired) electrons. The second-order valence-corrected chi connectivity index (χ2v) is 6.70. The van der Waals surface area contributed by atoms with Gasteiger partial charge in [0.05, 0.1) is 24.3 Å². The first-order valence-electron chi connectivity index (χ1n) is 8.61. The highest BCUT2D eigenvalue weighted by atomic mass is 16.2. The molecule has 0 aliphatic heterocycles. The zero-order valence-electron chi connectivity index (χ0n) is 13.5. The Morgan fingerprint density at radius 2 is 2.08 bits per heavy atom. The summed E-state index contributed by atoms with van der Waals surface area (Å²) in [6.45, 7) is 0. The van der Waals surface area contributed by atoms with E-state index in [1.165, 1.54) is 12.5 Å². The average molecular weight is 327 g/mol. The summed E-state index contributed by atoms with van der Waals surface area (Å²) < 4.78 is 1.68. The number of fused-ring (bicyclic) bond motifs is 1. The standard InChI is InChI=1S/C17H21N5O2/c23-16-8-11-2-1-3-14(11)21-22(16)13-6-4-12(5-7-13)20-17(24)15-9-18-10-19-15/h8-10,12-13H,1-7H2,(H,18,19)(H,20,24). The predicted molar refractivity (Wildman–Crippen MR) is 87.9 cm³/mol. The normalized spacial score (nSPS) is 23.0. The molecule has 2 aromatic heterocycles. The number of amides is 1. The van der Waals surface area contributed by atoms with Crippen LogP contribution in [0.3, 0.4) is 0 Å². The predicted octanol–water partition coefficient (Wildman–Crippen LogP) is 1.37. The highest BCUT2D eigenvalue weighted by Gasteiger charge is 2.26. The van der Waals surface area contributed by atoms with Crippen LogP contribution in [0.25, 0.3) is 0 Å². The van der Waals surface area contributed by atoms with E-state index in [1.807, 2.05) is 0 Å². The van der Waals surface area contributed by atoms with Gasteiger partial charge in [0.2, 0.25) is 0 Å². The molecule has 2 aromatic rings. The summed E-state index contributed by atoms with van der Waals surface area (Å²) in [5.74, 6) is -0.122. The molecule has 7 heteroatoms. The fourth-order valence-electron chi connectivity index (χ4n) is 3.78. The van der Waals surface area contributed by atoms with Gasteiger partial charge in [-0.05, 0) is 50.5 Å². The van der Waals surface area contributed by atoms with E-state index in [2.05, 4.69) is 20.4 Å². The van der Waals surface area contributed by atoms with Crippen molar-refractivity contribution in [3.63, 3.8) is 0 Å². The molecule has 7 nitrogen and oxygen atoms in total. The zero-order valence-corrected chi connectivity index (χ0v) is 13.5. The van der Waals surface area contributed by atoms with Crippen molar-refractivity contribution < 1.29 is 4.79 Å². The molecule has 0 bridgehead atoms. The van der Waals surface area contributed by atoms with Gasteiger partial charge in [-0.2, -0.15) is 5.10 Å². The topological polar surface area (TPSA) is 92.7 Å². The number of carbonyl (C=O) groups excluding carboxylic acids is 1. The molecule has 126 valence electrons. The molecule has 0 saturated heterocycles. The summed E-state index contributed by atoms with van der Waals surface area (Å²) in [5, 5.41) is 7.64. The minimum absolute atomic E-state index is 0.0144. The summed E-state index contributed by atoms with van der Waals surface area (Å²) in [4.78, 5) is 31.0. The smallest absolute Gasteiger partial charge is 0.269 e. The Morgan fingerprint density at radius 1 is 1.25 bits per heavy atom. The lowest BCUT2D eigenvalue weighted by molar-refractivity contribution is 0.0916. The van der Waals surface area contributed by atoms with Crippen LogP contribution in [0.1, 0.15) is 59.9 Å².